The summed E-state index contributed by atoms with van der Waals surface area (Å²) in [6, 6.07) is 11.0. The van der Waals surface area contributed by atoms with Crippen molar-refractivity contribution in [3.63, 3.8) is 0 Å². The predicted octanol–water partition coefficient (Wildman–Crippen LogP) is 3.46. The average Bonchev–Trinajstić information content (AvgIpc) is 2.75. The lowest BCUT2D eigenvalue weighted by atomic mass is 10.1. The molecule has 0 spiro atoms. The molecule has 0 aliphatic carbocycles. The zero-order valence-corrected chi connectivity index (χ0v) is 17.8. The van der Waals surface area contributed by atoms with E-state index in [-0.39, 0.29) is 6.04 Å². The van der Waals surface area contributed by atoms with Gasteiger partial charge in [0, 0.05) is 52.5 Å². The smallest absolute Gasteiger partial charge is 0.225 e. The molecule has 1 aliphatic rings. The predicted molar refractivity (Wildman–Crippen MR) is 121 cm³/mol. The fourth-order valence-electron chi connectivity index (χ4n) is 3.53. The molecule has 6 nitrogen and oxygen atoms in total. The van der Waals surface area contributed by atoms with E-state index in [4.69, 9.17) is 0 Å². The second kappa shape index (κ2) is 10.9. The van der Waals surface area contributed by atoms with Crippen LogP contribution in [0.4, 0.5) is 11.8 Å². The Balaban J connectivity index is 1.56. The van der Waals surface area contributed by atoms with Crippen molar-refractivity contribution < 1.29 is 0 Å². The third kappa shape index (κ3) is 6.54. The molecule has 3 rings (SSSR count). The molecular formula is C23H34N6. The molecule has 2 N–H and O–H groups in total. The van der Waals surface area contributed by atoms with Crippen LogP contribution >= 0.6 is 0 Å². The number of unbranched alkanes of at least 4 members (excludes halogenated alkanes) is 1. The summed E-state index contributed by atoms with van der Waals surface area (Å²) in [6.45, 7) is 12.3. The Kier molecular flexibility index (Phi) is 8.02. The van der Waals surface area contributed by atoms with Crippen molar-refractivity contribution in [2.24, 2.45) is 0 Å². The van der Waals surface area contributed by atoms with Gasteiger partial charge in [-0.15, -0.1) is 6.58 Å². The number of nitrogens with one attached hydrogen (secondary N) is 2. The highest BCUT2D eigenvalue weighted by Gasteiger charge is 2.12. The number of aromatic nitrogens is 2. The van der Waals surface area contributed by atoms with Crippen LogP contribution in [0.1, 0.15) is 36.9 Å². The first-order valence-corrected chi connectivity index (χ1v) is 10.6. The van der Waals surface area contributed by atoms with Gasteiger partial charge < -0.3 is 15.5 Å². The molecule has 6 heteroatoms. The fourth-order valence-corrected chi connectivity index (χ4v) is 3.53. The van der Waals surface area contributed by atoms with Crippen LogP contribution in [-0.2, 0) is 6.54 Å². The Morgan fingerprint density at radius 3 is 2.72 bits per heavy atom. The molecule has 1 fully saturated rings. The number of piperazine rings is 1. The second-order valence-corrected chi connectivity index (χ2v) is 7.72. The van der Waals surface area contributed by atoms with E-state index >= 15 is 0 Å². The summed E-state index contributed by atoms with van der Waals surface area (Å²) in [6.07, 6.45) is 5.86. The quantitative estimate of drug-likeness (QED) is 0.475. The summed E-state index contributed by atoms with van der Waals surface area (Å²) in [7, 11) is 2.07. The molecule has 1 aromatic carbocycles. The lowest BCUT2D eigenvalue weighted by Gasteiger charge is -2.27. The minimum atomic E-state index is 0.143. The first kappa shape index (κ1) is 21.3. The summed E-state index contributed by atoms with van der Waals surface area (Å²) in [5.41, 5.74) is 2.60. The first-order valence-electron chi connectivity index (χ1n) is 10.6. The van der Waals surface area contributed by atoms with Crippen LogP contribution in [0.3, 0.4) is 0 Å². The van der Waals surface area contributed by atoms with E-state index in [0.29, 0.717) is 5.95 Å². The van der Waals surface area contributed by atoms with Crippen LogP contribution in [0.25, 0.3) is 0 Å². The van der Waals surface area contributed by atoms with Gasteiger partial charge in [0.1, 0.15) is 5.82 Å². The molecule has 0 amide bonds. The van der Waals surface area contributed by atoms with Crippen molar-refractivity contribution in [3.8, 4) is 0 Å². The molecule has 29 heavy (non-hydrogen) atoms. The molecule has 1 atom stereocenters. The highest BCUT2D eigenvalue weighted by atomic mass is 15.2. The maximum Gasteiger partial charge on any atom is 0.225 e. The van der Waals surface area contributed by atoms with Gasteiger partial charge in [-0.3, -0.25) is 4.90 Å². The number of anilines is 2. The van der Waals surface area contributed by atoms with Gasteiger partial charge in [-0.1, -0.05) is 30.3 Å². The number of nitrogens with zero attached hydrogens (tertiary/aromatic N) is 4. The molecule has 1 aliphatic heterocycles. The minimum Gasteiger partial charge on any atom is -0.360 e. The molecule has 0 radical (unpaired) electrons. The van der Waals surface area contributed by atoms with E-state index in [1.54, 1.807) is 0 Å². The van der Waals surface area contributed by atoms with Crippen LogP contribution in [0, 0.1) is 0 Å². The van der Waals surface area contributed by atoms with Crippen LogP contribution in [-0.4, -0.2) is 54.6 Å². The summed E-state index contributed by atoms with van der Waals surface area (Å²) in [5, 5.41) is 6.84. The molecule has 2 aromatic rings. The van der Waals surface area contributed by atoms with Gasteiger partial charge in [-0.2, -0.15) is 4.98 Å². The number of hydrogen-bond acceptors (Lipinski definition) is 6. The summed E-state index contributed by atoms with van der Waals surface area (Å²) in [4.78, 5) is 13.7. The van der Waals surface area contributed by atoms with Crippen LogP contribution in [0.2, 0.25) is 0 Å². The molecule has 1 saturated heterocycles. The lowest BCUT2D eigenvalue weighted by molar-refractivity contribution is 0.233. The Bertz CT molecular complexity index is 754. The van der Waals surface area contributed by atoms with Gasteiger partial charge in [0.05, 0.1) is 6.04 Å². The zero-order chi connectivity index (χ0) is 20.5. The molecule has 2 heterocycles. The molecule has 1 aromatic heterocycles. The van der Waals surface area contributed by atoms with Gasteiger partial charge in [0.15, 0.2) is 0 Å². The molecule has 1 unspecified atom stereocenters. The summed E-state index contributed by atoms with van der Waals surface area (Å²) >= 11 is 0. The molecule has 0 saturated carbocycles. The van der Waals surface area contributed by atoms with Crippen molar-refractivity contribution in [2.75, 3.05) is 50.0 Å². The van der Waals surface area contributed by atoms with Gasteiger partial charge in [-0.25, -0.2) is 4.98 Å². The van der Waals surface area contributed by atoms with Crippen LogP contribution in [0.5, 0.6) is 0 Å². The minimum absolute atomic E-state index is 0.143. The molecule has 156 valence electrons. The summed E-state index contributed by atoms with van der Waals surface area (Å²) < 4.78 is 0. The summed E-state index contributed by atoms with van der Waals surface area (Å²) in [5.74, 6) is 1.60. The SMILES string of the molecule is C=CCCCN(C)c1ccnc(NC(C)c2ccc(CN3CCNCC3)cc2)n1. The van der Waals surface area contributed by atoms with Crippen molar-refractivity contribution in [2.45, 2.75) is 32.4 Å². The van der Waals surface area contributed by atoms with Crippen molar-refractivity contribution in [1.82, 2.24) is 20.2 Å². The Hall–Kier alpha value is -2.44. The van der Waals surface area contributed by atoms with Crippen LogP contribution < -0.4 is 15.5 Å². The van der Waals surface area contributed by atoms with Gasteiger partial charge >= 0.3 is 0 Å². The van der Waals surface area contributed by atoms with Crippen LogP contribution in [0.15, 0.2) is 49.2 Å². The Morgan fingerprint density at radius 1 is 1.24 bits per heavy atom. The Labute approximate surface area is 175 Å². The number of benzene rings is 1. The van der Waals surface area contributed by atoms with E-state index in [0.717, 1.165) is 57.9 Å². The van der Waals surface area contributed by atoms with E-state index in [9.17, 15) is 0 Å². The van der Waals surface area contributed by atoms with E-state index in [1.165, 1.54) is 11.1 Å². The number of rotatable bonds is 10. The van der Waals surface area contributed by atoms with Crippen molar-refractivity contribution in [3.05, 3.63) is 60.3 Å². The van der Waals surface area contributed by atoms with E-state index < -0.39 is 0 Å². The van der Waals surface area contributed by atoms with Gasteiger partial charge in [0.25, 0.3) is 0 Å². The Morgan fingerprint density at radius 2 is 2.00 bits per heavy atom. The van der Waals surface area contributed by atoms with Gasteiger partial charge in [0.2, 0.25) is 5.95 Å². The topological polar surface area (TPSA) is 56.3 Å². The van der Waals surface area contributed by atoms with E-state index in [1.807, 2.05) is 18.3 Å². The van der Waals surface area contributed by atoms with Gasteiger partial charge in [-0.05, 0) is 37.0 Å². The fraction of sp³-hybridized carbons (Fsp3) is 0.478. The van der Waals surface area contributed by atoms with E-state index in [2.05, 4.69) is 75.2 Å². The highest BCUT2D eigenvalue weighted by molar-refractivity contribution is 5.43. The maximum absolute atomic E-state index is 4.68. The monoisotopic (exact) mass is 394 g/mol. The first-order chi connectivity index (χ1) is 14.2. The third-order valence-corrected chi connectivity index (χ3v) is 5.37. The molecular weight excluding hydrogens is 360 g/mol. The normalized spacial score (nSPS) is 15.7. The standard InChI is InChI=1S/C23H34N6/c1-4-5-6-15-28(3)22-11-12-25-23(27-22)26-19(2)21-9-7-20(8-10-21)18-29-16-13-24-14-17-29/h4,7-12,19,24H,1,5-6,13-18H2,2-3H3,(H,25,26,27). The maximum atomic E-state index is 4.68. The lowest BCUT2D eigenvalue weighted by Crippen LogP contribution is -2.42. The van der Waals surface area contributed by atoms with Crippen molar-refractivity contribution >= 4 is 11.8 Å². The third-order valence-electron chi connectivity index (χ3n) is 5.37. The number of allylic oxidation sites excluding steroid dienone is 1. The average molecular weight is 395 g/mol. The largest absolute Gasteiger partial charge is 0.360 e. The number of hydrogen-bond donors (Lipinski definition) is 2. The zero-order valence-electron chi connectivity index (χ0n) is 17.8. The van der Waals surface area contributed by atoms with Crippen molar-refractivity contribution in [1.29, 1.82) is 0 Å². The highest BCUT2D eigenvalue weighted by Crippen LogP contribution is 2.20. The second-order valence-electron chi connectivity index (χ2n) is 7.72. The molecule has 0 bridgehead atoms.